The monoisotopic (exact) mass is 279 g/mol. The largest absolute Gasteiger partial charge is 0.481 e. The number of hydrogen-bond acceptors (Lipinski definition) is 3. The molecule has 0 radical (unpaired) electrons. The molecule has 1 aromatic heterocycles. The summed E-state index contributed by atoms with van der Waals surface area (Å²) < 4.78 is 1.77. The van der Waals surface area contributed by atoms with E-state index in [1.807, 2.05) is 13.1 Å². The Balaban J connectivity index is 1.84. The van der Waals surface area contributed by atoms with Gasteiger partial charge in [-0.15, -0.1) is 0 Å². The molecule has 6 nitrogen and oxygen atoms in total. The van der Waals surface area contributed by atoms with Crippen LogP contribution in [0.5, 0.6) is 0 Å². The highest BCUT2D eigenvalue weighted by Gasteiger charge is 2.35. The second-order valence-electron chi connectivity index (χ2n) is 5.32. The van der Waals surface area contributed by atoms with Crippen molar-refractivity contribution >= 4 is 11.9 Å². The van der Waals surface area contributed by atoms with Crippen molar-refractivity contribution in [2.45, 2.75) is 32.1 Å². The Morgan fingerprint density at radius 3 is 2.70 bits per heavy atom. The van der Waals surface area contributed by atoms with Gasteiger partial charge in [0.1, 0.15) is 0 Å². The molecule has 1 heterocycles. The lowest BCUT2D eigenvalue weighted by molar-refractivity contribution is -0.148. The molecule has 1 saturated carbocycles. The van der Waals surface area contributed by atoms with Gasteiger partial charge in [-0.2, -0.15) is 5.10 Å². The number of nitrogens with zero attached hydrogens (tertiary/aromatic N) is 2. The predicted molar refractivity (Wildman–Crippen MR) is 73.0 cm³/mol. The number of aliphatic carboxylic acids is 1. The van der Waals surface area contributed by atoms with Gasteiger partial charge in [0, 0.05) is 31.9 Å². The van der Waals surface area contributed by atoms with Gasteiger partial charge in [-0.1, -0.05) is 12.8 Å². The molecule has 0 bridgehead atoms. The summed E-state index contributed by atoms with van der Waals surface area (Å²) in [5, 5.41) is 16.1. The molecule has 1 aliphatic rings. The van der Waals surface area contributed by atoms with Crippen LogP contribution in [0.25, 0.3) is 0 Å². The van der Waals surface area contributed by atoms with E-state index in [1.54, 1.807) is 10.9 Å². The second kappa shape index (κ2) is 6.54. The fraction of sp³-hybridized carbons (Fsp3) is 0.643. The molecule has 20 heavy (non-hydrogen) atoms. The topological polar surface area (TPSA) is 84.2 Å². The van der Waals surface area contributed by atoms with Crippen LogP contribution in [0.2, 0.25) is 0 Å². The van der Waals surface area contributed by atoms with Gasteiger partial charge in [0.15, 0.2) is 0 Å². The van der Waals surface area contributed by atoms with Gasteiger partial charge in [-0.05, 0) is 18.9 Å². The number of carbonyl (C=O) groups is 2. The van der Waals surface area contributed by atoms with Crippen molar-refractivity contribution in [3.05, 3.63) is 18.0 Å². The first-order valence-corrected chi connectivity index (χ1v) is 7.07. The molecule has 6 heteroatoms. The maximum atomic E-state index is 12.1. The molecule has 1 amide bonds. The number of aromatic nitrogens is 2. The molecule has 1 fully saturated rings. The number of carbonyl (C=O) groups excluding carboxylic acids is 1. The van der Waals surface area contributed by atoms with Gasteiger partial charge in [-0.3, -0.25) is 14.3 Å². The van der Waals surface area contributed by atoms with Crippen molar-refractivity contribution in [3.8, 4) is 0 Å². The molecule has 0 spiro atoms. The zero-order valence-corrected chi connectivity index (χ0v) is 11.7. The van der Waals surface area contributed by atoms with Crippen molar-refractivity contribution in [2.75, 3.05) is 6.54 Å². The van der Waals surface area contributed by atoms with Crippen LogP contribution in [-0.2, 0) is 23.1 Å². The van der Waals surface area contributed by atoms with E-state index < -0.39 is 11.9 Å². The van der Waals surface area contributed by atoms with E-state index in [-0.39, 0.29) is 11.8 Å². The average molecular weight is 279 g/mol. The standard InChI is InChI=1S/C14H21N3O3/c1-17-10(7-9-16-17)6-8-15-13(18)11-4-2-3-5-12(11)14(19)20/h7,9,11-12H,2-6,8H2,1H3,(H,15,18)(H,19,20). The lowest BCUT2D eigenvalue weighted by Gasteiger charge is -2.27. The minimum absolute atomic E-state index is 0.126. The molecule has 0 aliphatic heterocycles. The van der Waals surface area contributed by atoms with Crippen molar-refractivity contribution in [2.24, 2.45) is 18.9 Å². The summed E-state index contributed by atoms with van der Waals surface area (Å²) in [5.74, 6) is -1.89. The normalized spacial score (nSPS) is 22.4. The number of amides is 1. The minimum atomic E-state index is -0.850. The van der Waals surface area contributed by atoms with Crippen LogP contribution >= 0.6 is 0 Å². The number of carboxylic acids is 1. The Kier molecular flexibility index (Phi) is 4.76. The number of carboxylic acid groups (broad SMARTS) is 1. The van der Waals surface area contributed by atoms with E-state index in [9.17, 15) is 14.7 Å². The predicted octanol–water partition coefficient (Wildman–Crippen LogP) is 0.970. The van der Waals surface area contributed by atoms with Crippen LogP contribution in [0.3, 0.4) is 0 Å². The van der Waals surface area contributed by atoms with Gasteiger partial charge in [0.2, 0.25) is 5.91 Å². The highest BCUT2D eigenvalue weighted by Crippen LogP contribution is 2.30. The number of rotatable bonds is 5. The van der Waals surface area contributed by atoms with Crippen LogP contribution in [0.15, 0.2) is 12.3 Å². The fourth-order valence-corrected chi connectivity index (χ4v) is 2.83. The molecule has 2 atom stereocenters. The van der Waals surface area contributed by atoms with Crippen molar-refractivity contribution in [3.63, 3.8) is 0 Å². The van der Waals surface area contributed by atoms with E-state index in [0.29, 0.717) is 25.8 Å². The minimum Gasteiger partial charge on any atom is -0.481 e. The number of nitrogens with one attached hydrogen (secondary N) is 1. The summed E-state index contributed by atoms with van der Waals surface area (Å²) in [5.41, 5.74) is 1.05. The molecule has 1 aliphatic carbocycles. The molecule has 2 rings (SSSR count). The van der Waals surface area contributed by atoms with Crippen LogP contribution in [-0.4, -0.2) is 33.3 Å². The quantitative estimate of drug-likeness (QED) is 0.841. The second-order valence-corrected chi connectivity index (χ2v) is 5.32. The van der Waals surface area contributed by atoms with Crippen LogP contribution in [0.1, 0.15) is 31.4 Å². The molecular formula is C14H21N3O3. The first kappa shape index (κ1) is 14.6. The summed E-state index contributed by atoms with van der Waals surface area (Å²) >= 11 is 0. The Bertz CT molecular complexity index is 484. The first-order chi connectivity index (χ1) is 9.59. The third-order valence-electron chi connectivity index (χ3n) is 4.02. The molecule has 0 aromatic carbocycles. The Morgan fingerprint density at radius 2 is 2.10 bits per heavy atom. The molecular weight excluding hydrogens is 258 g/mol. The SMILES string of the molecule is Cn1nccc1CCNC(=O)C1CCCCC1C(=O)O. The summed E-state index contributed by atoms with van der Waals surface area (Å²) in [4.78, 5) is 23.3. The van der Waals surface area contributed by atoms with Gasteiger partial charge in [0.05, 0.1) is 11.8 Å². The highest BCUT2D eigenvalue weighted by molar-refractivity contribution is 5.84. The summed E-state index contributed by atoms with van der Waals surface area (Å²) in [6.07, 6.45) is 5.54. The number of hydrogen-bond donors (Lipinski definition) is 2. The molecule has 110 valence electrons. The summed E-state index contributed by atoms with van der Waals surface area (Å²) in [7, 11) is 1.86. The smallest absolute Gasteiger partial charge is 0.307 e. The van der Waals surface area contributed by atoms with E-state index in [4.69, 9.17) is 0 Å². The van der Waals surface area contributed by atoms with Crippen LogP contribution in [0, 0.1) is 11.8 Å². The maximum Gasteiger partial charge on any atom is 0.307 e. The van der Waals surface area contributed by atoms with Crippen molar-refractivity contribution in [1.82, 2.24) is 15.1 Å². The van der Waals surface area contributed by atoms with Crippen molar-refractivity contribution < 1.29 is 14.7 Å². The van der Waals surface area contributed by atoms with Crippen LogP contribution in [0.4, 0.5) is 0 Å². The van der Waals surface area contributed by atoms with Crippen LogP contribution < -0.4 is 5.32 Å². The highest BCUT2D eigenvalue weighted by atomic mass is 16.4. The molecule has 2 N–H and O–H groups in total. The third-order valence-corrected chi connectivity index (χ3v) is 4.02. The lowest BCUT2D eigenvalue weighted by Crippen LogP contribution is -2.40. The maximum absolute atomic E-state index is 12.1. The van der Waals surface area contributed by atoms with Gasteiger partial charge < -0.3 is 10.4 Å². The fourth-order valence-electron chi connectivity index (χ4n) is 2.83. The van der Waals surface area contributed by atoms with E-state index in [1.165, 1.54) is 0 Å². The lowest BCUT2D eigenvalue weighted by atomic mass is 9.78. The van der Waals surface area contributed by atoms with E-state index in [0.717, 1.165) is 18.5 Å². The third kappa shape index (κ3) is 3.37. The van der Waals surface area contributed by atoms with Gasteiger partial charge in [0.25, 0.3) is 0 Å². The Morgan fingerprint density at radius 1 is 1.40 bits per heavy atom. The molecule has 0 saturated heterocycles. The van der Waals surface area contributed by atoms with Gasteiger partial charge in [-0.25, -0.2) is 0 Å². The summed E-state index contributed by atoms with van der Waals surface area (Å²) in [6, 6.07) is 1.91. The average Bonchev–Trinajstić information content (AvgIpc) is 2.84. The van der Waals surface area contributed by atoms with Crippen molar-refractivity contribution in [1.29, 1.82) is 0 Å². The molecule has 1 aromatic rings. The number of aryl methyl sites for hydroxylation is 1. The molecule has 2 unspecified atom stereocenters. The first-order valence-electron chi connectivity index (χ1n) is 7.07. The Hall–Kier alpha value is -1.85. The zero-order chi connectivity index (χ0) is 14.5. The Labute approximate surface area is 118 Å². The van der Waals surface area contributed by atoms with Gasteiger partial charge >= 0.3 is 5.97 Å². The van der Waals surface area contributed by atoms with E-state index >= 15 is 0 Å². The summed E-state index contributed by atoms with van der Waals surface area (Å²) in [6.45, 7) is 0.515. The zero-order valence-electron chi connectivity index (χ0n) is 11.7. The van der Waals surface area contributed by atoms with E-state index in [2.05, 4.69) is 10.4 Å².